The van der Waals surface area contributed by atoms with E-state index < -0.39 is 0 Å². The van der Waals surface area contributed by atoms with Gasteiger partial charge in [0.15, 0.2) is 0 Å². The van der Waals surface area contributed by atoms with E-state index in [1.165, 1.54) is 0 Å². The van der Waals surface area contributed by atoms with Crippen LogP contribution in [0.3, 0.4) is 0 Å². The number of hydrogen-bond donors (Lipinski definition) is 1. The van der Waals surface area contributed by atoms with Crippen molar-refractivity contribution >= 4 is 5.82 Å². The van der Waals surface area contributed by atoms with Crippen molar-refractivity contribution < 1.29 is 0 Å². The molecule has 0 atom stereocenters. The van der Waals surface area contributed by atoms with Crippen LogP contribution in [0.15, 0.2) is 6.07 Å². The Hall–Kier alpha value is -1.12. The van der Waals surface area contributed by atoms with E-state index in [1.54, 1.807) is 0 Å². The van der Waals surface area contributed by atoms with Gasteiger partial charge in [-0.3, -0.25) is 0 Å². The van der Waals surface area contributed by atoms with Crippen LogP contribution in [0, 0.1) is 0 Å². The number of aryl methyl sites for hydroxylation is 1. The lowest BCUT2D eigenvalue weighted by Crippen LogP contribution is -2.07. The van der Waals surface area contributed by atoms with Crippen LogP contribution < -0.4 is 5.32 Å². The highest BCUT2D eigenvalue weighted by Crippen LogP contribution is 2.21. The molecule has 84 valence electrons. The highest BCUT2D eigenvalue weighted by molar-refractivity contribution is 5.35. The molecule has 3 heteroatoms. The molecule has 0 amide bonds. The molecule has 1 aromatic heterocycles. The minimum Gasteiger partial charge on any atom is -0.373 e. The van der Waals surface area contributed by atoms with Crippen LogP contribution in [0.2, 0.25) is 0 Å². The van der Waals surface area contributed by atoms with Gasteiger partial charge in [0.25, 0.3) is 0 Å². The summed E-state index contributed by atoms with van der Waals surface area (Å²) in [6.07, 6.45) is 3.17. The predicted octanol–water partition coefficient (Wildman–Crippen LogP) is 2.98. The third kappa shape index (κ3) is 2.91. The summed E-state index contributed by atoms with van der Waals surface area (Å²) in [4.78, 5) is 9.11. The van der Waals surface area contributed by atoms with Crippen molar-refractivity contribution in [3.8, 4) is 0 Å². The molecule has 0 aliphatic rings. The Morgan fingerprint density at radius 2 is 1.87 bits per heavy atom. The first-order chi connectivity index (χ1) is 7.24. The summed E-state index contributed by atoms with van der Waals surface area (Å²) in [5.74, 6) is 2.41. The van der Waals surface area contributed by atoms with E-state index in [0.717, 1.165) is 36.6 Å². The molecule has 0 aliphatic carbocycles. The first-order valence-corrected chi connectivity index (χ1v) is 5.80. The first-order valence-electron chi connectivity index (χ1n) is 5.80. The van der Waals surface area contributed by atoms with Gasteiger partial charge in [0.2, 0.25) is 0 Å². The van der Waals surface area contributed by atoms with E-state index in [2.05, 4.69) is 36.1 Å². The molecule has 0 radical (unpaired) electrons. The third-order valence-corrected chi connectivity index (χ3v) is 2.77. The fraction of sp³-hybridized carbons (Fsp3) is 0.667. The summed E-state index contributed by atoms with van der Waals surface area (Å²) in [5, 5.41) is 3.09. The van der Waals surface area contributed by atoms with Gasteiger partial charge in [-0.15, -0.1) is 0 Å². The monoisotopic (exact) mass is 207 g/mol. The van der Waals surface area contributed by atoms with Gasteiger partial charge in [-0.1, -0.05) is 20.8 Å². The minimum absolute atomic E-state index is 0.489. The topological polar surface area (TPSA) is 37.8 Å². The van der Waals surface area contributed by atoms with Crippen LogP contribution in [0.5, 0.6) is 0 Å². The third-order valence-electron chi connectivity index (χ3n) is 2.77. The number of nitrogens with zero attached hydrogens (tertiary/aromatic N) is 2. The average molecular weight is 207 g/mol. The van der Waals surface area contributed by atoms with Gasteiger partial charge in [-0.25, -0.2) is 9.97 Å². The molecular weight excluding hydrogens is 186 g/mol. The summed E-state index contributed by atoms with van der Waals surface area (Å²) < 4.78 is 0. The van der Waals surface area contributed by atoms with Crippen molar-refractivity contribution in [2.24, 2.45) is 0 Å². The highest BCUT2D eigenvalue weighted by atomic mass is 15.0. The molecule has 1 rings (SSSR count). The van der Waals surface area contributed by atoms with Crippen molar-refractivity contribution in [2.75, 3.05) is 12.4 Å². The fourth-order valence-electron chi connectivity index (χ4n) is 1.66. The van der Waals surface area contributed by atoms with Gasteiger partial charge in [-0.05, 0) is 19.3 Å². The minimum atomic E-state index is 0.489. The van der Waals surface area contributed by atoms with Crippen LogP contribution in [0.1, 0.15) is 51.0 Å². The number of hydrogen-bond acceptors (Lipinski definition) is 3. The van der Waals surface area contributed by atoms with Crippen LogP contribution in [0.25, 0.3) is 0 Å². The largest absolute Gasteiger partial charge is 0.373 e. The molecule has 3 nitrogen and oxygen atoms in total. The lowest BCUT2D eigenvalue weighted by atomic mass is 10.0. The molecule has 0 saturated carbocycles. The molecule has 0 bridgehead atoms. The second kappa shape index (κ2) is 5.69. The molecular formula is C12H21N3. The maximum Gasteiger partial charge on any atom is 0.134 e. The quantitative estimate of drug-likeness (QED) is 0.806. The zero-order valence-electron chi connectivity index (χ0n) is 10.2. The van der Waals surface area contributed by atoms with Crippen molar-refractivity contribution in [2.45, 2.75) is 46.0 Å². The first kappa shape index (κ1) is 12.0. The number of rotatable bonds is 5. The second-order valence-corrected chi connectivity index (χ2v) is 3.72. The lowest BCUT2D eigenvalue weighted by Gasteiger charge is -2.13. The summed E-state index contributed by atoms with van der Waals surface area (Å²) in [6.45, 7) is 6.50. The Bertz CT molecular complexity index is 283. The number of nitrogens with one attached hydrogen (secondary N) is 1. The van der Waals surface area contributed by atoms with Crippen LogP contribution in [0.4, 0.5) is 5.82 Å². The zero-order valence-corrected chi connectivity index (χ0v) is 10.2. The van der Waals surface area contributed by atoms with Gasteiger partial charge in [0.05, 0.1) is 0 Å². The lowest BCUT2D eigenvalue weighted by molar-refractivity contribution is 0.598. The highest BCUT2D eigenvalue weighted by Gasteiger charge is 2.11. The van der Waals surface area contributed by atoms with E-state index in [1.807, 2.05) is 13.1 Å². The van der Waals surface area contributed by atoms with Gasteiger partial charge in [0.1, 0.15) is 11.6 Å². The Kier molecular flexibility index (Phi) is 4.53. The Labute approximate surface area is 92.3 Å². The number of anilines is 1. The van der Waals surface area contributed by atoms with Gasteiger partial charge in [-0.2, -0.15) is 0 Å². The Morgan fingerprint density at radius 1 is 1.20 bits per heavy atom. The maximum atomic E-state index is 4.59. The van der Waals surface area contributed by atoms with E-state index in [4.69, 9.17) is 0 Å². The predicted molar refractivity (Wildman–Crippen MR) is 64.3 cm³/mol. The zero-order chi connectivity index (χ0) is 11.3. The summed E-state index contributed by atoms with van der Waals surface area (Å²) in [6, 6.07) is 2.02. The Morgan fingerprint density at radius 3 is 2.33 bits per heavy atom. The van der Waals surface area contributed by atoms with E-state index in [-0.39, 0.29) is 0 Å². The molecule has 0 aliphatic heterocycles. The standard InChI is InChI=1S/C12H21N3/c1-5-9(6-2)12-14-10(7-3)8-11(13-4)15-12/h8-9H,5-7H2,1-4H3,(H,13,14,15). The van der Waals surface area contributed by atoms with Crippen molar-refractivity contribution in [1.29, 1.82) is 0 Å². The molecule has 0 saturated heterocycles. The van der Waals surface area contributed by atoms with Crippen molar-refractivity contribution in [3.63, 3.8) is 0 Å². The average Bonchev–Trinajstić information content (AvgIpc) is 2.30. The summed E-state index contributed by atoms with van der Waals surface area (Å²) >= 11 is 0. The SMILES string of the molecule is CCc1cc(NC)nc(C(CC)CC)n1. The summed E-state index contributed by atoms with van der Waals surface area (Å²) in [7, 11) is 1.90. The Balaban J connectivity index is 3.05. The smallest absolute Gasteiger partial charge is 0.134 e. The molecule has 0 aromatic carbocycles. The molecule has 1 heterocycles. The molecule has 0 fully saturated rings. The van der Waals surface area contributed by atoms with Crippen LogP contribution in [-0.2, 0) is 6.42 Å². The van der Waals surface area contributed by atoms with E-state index in [9.17, 15) is 0 Å². The van der Waals surface area contributed by atoms with E-state index >= 15 is 0 Å². The second-order valence-electron chi connectivity index (χ2n) is 3.72. The molecule has 0 spiro atoms. The van der Waals surface area contributed by atoms with Gasteiger partial charge in [0, 0.05) is 24.7 Å². The van der Waals surface area contributed by atoms with Gasteiger partial charge >= 0.3 is 0 Å². The van der Waals surface area contributed by atoms with Crippen molar-refractivity contribution in [3.05, 3.63) is 17.6 Å². The van der Waals surface area contributed by atoms with Crippen molar-refractivity contribution in [1.82, 2.24) is 9.97 Å². The van der Waals surface area contributed by atoms with E-state index in [0.29, 0.717) is 5.92 Å². The van der Waals surface area contributed by atoms with Crippen LogP contribution in [-0.4, -0.2) is 17.0 Å². The molecule has 15 heavy (non-hydrogen) atoms. The molecule has 0 unspecified atom stereocenters. The normalized spacial score (nSPS) is 10.7. The number of aromatic nitrogens is 2. The van der Waals surface area contributed by atoms with Gasteiger partial charge < -0.3 is 5.32 Å². The molecule has 1 N–H and O–H groups in total. The maximum absolute atomic E-state index is 4.59. The fourth-order valence-corrected chi connectivity index (χ4v) is 1.66. The van der Waals surface area contributed by atoms with Crippen LogP contribution >= 0.6 is 0 Å². The summed E-state index contributed by atoms with van der Waals surface area (Å²) in [5.41, 5.74) is 1.12. The molecule has 1 aromatic rings.